The molecule has 1 amide bonds. The van der Waals surface area contributed by atoms with Crippen molar-refractivity contribution in [3.05, 3.63) is 21.4 Å². The zero-order chi connectivity index (χ0) is 19.5. The van der Waals surface area contributed by atoms with Crippen LogP contribution in [0.15, 0.2) is 6.07 Å². The molecule has 1 aromatic rings. The summed E-state index contributed by atoms with van der Waals surface area (Å²) in [5, 5.41) is 0. The first-order valence-corrected chi connectivity index (χ1v) is 12.2. The summed E-state index contributed by atoms with van der Waals surface area (Å²) >= 11 is 1.78. The van der Waals surface area contributed by atoms with Crippen molar-refractivity contribution in [2.45, 2.75) is 77.4 Å². The Morgan fingerprint density at radius 1 is 1.07 bits per heavy atom. The second kappa shape index (κ2) is 9.27. The van der Waals surface area contributed by atoms with Crippen LogP contribution in [-0.4, -0.2) is 60.6 Å². The highest BCUT2D eigenvalue weighted by Gasteiger charge is 2.29. The van der Waals surface area contributed by atoms with Crippen LogP contribution >= 0.6 is 11.3 Å². The van der Waals surface area contributed by atoms with E-state index in [0.717, 1.165) is 56.9 Å². The van der Waals surface area contributed by atoms with Crippen LogP contribution in [0.3, 0.4) is 0 Å². The molecule has 28 heavy (non-hydrogen) atoms. The minimum Gasteiger partial charge on any atom is -0.373 e. The normalized spacial score (nSPS) is 27.9. The van der Waals surface area contributed by atoms with Crippen molar-refractivity contribution >= 4 is 17.2 Å². The Bertz CT molecular complexity index is 630. The molecule has 3 aliphatic rings. The van der Waals surface area contributed by atoms with E-state index in [2.05, 4.69) is 29.7 Å². The summed E-state index contributed by atoms with van der Waals surface area (Å²) in [5.41, 5.74) is 1.46. The first-order valence-electron chi connectivity index (χ1n) is 11.4. The van der Waals surface area contributed by atoms with Gasteiger partial charge in [-0.3, -0.25) is 9.69 Å². The van der Waals surface area contributed by atoms with Gasteiger partial charge in [0.05, 0.1) is 17.1 Å². The van der Waals surface area contributed by atoms with Crippen LogP contribution in [0, 0.1) is 5.92 Å². The summed E-state index contributed by atoms with van der Waals surface area (Å²) in [7, 11) is 0. The molecule has 2 atom stereocenters. The average molecular weight is 405 g/mol. The smallest absolute Gasteiger partial charge is 0.263 e. The summed E-state index contributed by atoms with van der Waals surface area (Å²) in [6.45, 7) is 9.44. The lowest BCUT2D eigenvalue weighted by Crippen LogP contribution is -2.48. The third-order valence-corrected chi connectivity index (χ3v) is 7.85. The average Bonchev–Trinajstić information content (AvgIpc) is 3.03. The maximum atomic E-state index is 13.1. The summed E-state index contributed by atoms with van der Waals surface area (Å²) < 4.78 is 5.86. The highest BCUT2D eigenvalue weighted by Crippen LogP contribution is 2.30. The molecule has 1 aliphatic carbocycles. The molecule has 0 aromatic carbocycles. The zero-order valence-electron chi connectivity index (χ0n) is 17.6. The molecule has 2 aliphatic heterocycles. The highest BCUT2D eigenvalue weighted by atomic mass is 32.1. The molecule has 0 saturated carbocycles. The first kappa shape index (κ1) is 20.4. The lowest BCUT2D eigenvalue weighted by Gasteiger charge is -2.39. The van der Waals surface area contributed by atoms with Crippen molar-refractivity contribution in [3.8, 4) is 0 Å². The van der Waals surface area contributed by atoms with Crippen molar-refractivity contribution < 1.29 is 9.53 Å². The van der Waals surface area contributed by atoms with Crippen molar-refractivity contribution in [1.82, 2.24) is 9.80 Å². The Kier molecular flexibility index (Phi) is 6.74. The summed E-state index contributed by atoms with van der Waals surface area (Å²) in [6.07, 6.45) is 10.5. The topological polar surface area (TPSA) is 32.8 Å². The van der Waals surface area contributed by atoms with Gasteiger partial charge in [-0.2, -0.15) is 0 Å². The number of aryl methyl sites for hydroxylation is 2. The quantitative estimate of drug-likeness (QED) is 0.750. The van der Waals surface area contributed by atoms with Gasteiger partial charge in [0.2, 0.25) is 0 Å². The fourth-order valence-corrected chi connectivity index (χ4v) is 6.44. The molecule has 2 fully saturated rings. The number of piperidine rings is 1. The maximum absolute atomic E-state index is 13.1. The molecule has 156 valence electrons. The summed E-state index contributed by atoms with van der Waals surface area (Å²) in [4.78, 5) is 20.2. The fourth-order valence-electron chi connectivity index (χ4n) is 5.22. The van der Waals surface area contributed by atoms with E-state index in [0.29, 0.717) is 18.1 Å². The van der Waals surface area contributed by atoms with Crippen LogP contribution in [0.5, 0.6) is 0 Å². The molecule has 2 saturated heterocycles. The number of morpholine rings is 1. The van der Waals surface area contributed by atoms with E-state index < -0.39 is 0 Å². The van der Waals surface area contributed by atoms with Gasteiger partial charge in [0.1, 0.15) is 0 Å². The third kappa shape index (κ3) is 4.98. The second-order valence-electron chi connectivity index (χ2n) is 9.18. The number of carbonyl (C=O) groups is 1. The predicted molar refractivity (Wildman–Crippen MR) is 115 cm³/mol. The van der Waals surface area contributed by atoms with Gasteiger partial charge in [-0.1, -0.05) is 12.8 Å². The monoisotopic (exact) mass is 404 g/mol. The molecule has 0 bridgehead atoms. The Balaban J connectivity index is 1.30. The SMILES string of the molecule is CC1CN(CC2CCN(C(=O)c3cc4c(s3)CCCCCC4)CC2)CC(C)O1. The Hall–Kier alpha value is -0.910. The van der Waals surface area contributed by atoms with Gasteiger partial charge < -0.3 is 9.64 Å². The highest BCUT2D eigenvalue weighted by molar-refractivity contribution is 7.14. The van der Waals surface area contributed by atoms with Crippen LogP contribution in [0.4, 0.5) is 0 Å². The molecule has 3 heterocycles. The number of thiophene rings is 1. The number of fused-ring (bicyclic) bond motifs is 1. The number of rotatable bonds is 3. The minimum atomic E-state index is 0.281. The van der Waals surface area contributed by atoms with Gasteiger partial charge in [-0.05, 0) is 69.9 Å². The number of likely N-dealkylation sites (tertiary alicyclic amines) is 1. The van der Waals surface area contributed by atoms with Crippen LogP contribution in [0.2, 0.25) is 0 Å². The van der Waals surface area contributed by atoms with Crippen molar-refractivity contribution in [2.75, 3.05) is 32.7 Å². The molecular weight excluding hydrogens is 368 g/mol. The first-order chi connectivity index (χ1) is 13.6. The number of nitrogens with zero attached hydrogens (tertiary/aromatic N) is 2. The van der Waals surface area contributed by atoms with Gasteiger partial charge >= 0.3 is 0 Å². The standard InChI is InChI=1S/C23H36N2O2S/c1-17-14-24(15-18(2)27-17)16-19-9-11-25(12-10-19)23(26)22-13-20-7-5-3-4-6-8-21(20)28-22/h13,17-19H,3-12,14-16H2,1-2H3. The van der Waals surface area contributed by atoms with Gasteiger partial charge in [0.15, 0.2) is 0 Å². The van der Waals surface area contributed by atoms with Gasteiger partial charge in [0, 0.05) is 37.6 Å². The van der Waals surface area contributed by atoms with Gasteiger partial charge in [-0.25, -0.2) is 0 Å². The molecular formula is C23H36N2O2S. The minimum absolute atomic E-state index is 0.281. The van der Waals surface area contributed by atoms with E-state index in [-0.39, 0.29) is 5.91 Å². The Morgan fingerprint density at radius 3 is 2.46 bits per heavy atom. The number of hydrogen-bond acceptors (Lipinski definition) is 4. The van der Waals surface area contributed by atoms with Crippen LogP contribution in [-0.2, 0) is 17.6 Å². The van der Waals surface area contributed by atoms with Gasteiger partial charge in [0.25, 0.3) is 5.91 Å². The zero-order valence-corrected chi connectivity index (χ0v) is 18.4. The molecule has 0 N–H and O–H groups in total. The van der Waals surface area contributed by atoms with E-state index in [4.69, 9.17) is 4.74 Å². The van der Waals surface area contributed by atoms with E-state index in [9.17, 15) is 4.79 Å². The number of carbonyl (C=O) groups excluding carboxylic acids is 1. The Labute approximate surface area is 174 Å². The summed E-state index contributed by atoms with van der Waals surface area (Å²) in [6, 6.07) is 2.22. The van der Waals surface area contributed by atoms with E-state index >= 15 is 0 Å². The lowest BCUT2D eigenvalue weighted by atomic mass is 9.95. The largest absolute Gasteiger partial charge is 0.373 e. The van der Waals surface area contributed by atoms with E-state index in [1.165, 1.54) is 42.5 Å². The van der Waals surface area contributed by atoms with E-state index in [1.54, 1.807) is 11.3 Å². The molecule has 2 unspecified atom stereocenters. The van der Waals surface area contributed by atoms with Crippen LogP contribution in [0.1, 0.15) is 72.5 Å². The number of amides is 1. The van der Waals surface area contributed by atoms with E-state index in [1.807, 2.05) is 0 Å². The number of hydrogen-bond donors (Lipinski definition) is 0. The predicted octanol–water partition coefficient (Wildman–Crippen LogP) is 4.37. The summed E-state index contributed by atoms with van der Waals surface area (Å²) in [5.74, 6) is 0.994. The van der Waals surface area contributed by atoms with Crippen molar-refractivity contribution in [2.24, 2.45) is 5.92 Å². The molecule has 0 spiro atoms. The third-order valence-electron chi connectivity index (χ3n) is 6.62. The van der Waals surface area contributed by atoms with Gasteiger partial charge in [-0.15, -0.1) is 11.3 Å². The van der Waals surface area contributed by atoms with Crippen LogP contribution in [0.25, 0.3) is 0 Å². The molecule has 0 radical (unpaired) electrons. The van der Waals surface area contributed by atoms with Crippen LogP contribution < -0.4 is 0 Å². The Morgan fingerprint density at radius 2 is 1.75 bits per heavy atom. The van der Waals surface area contributed by atoms with Crippen molar-refractivity contribution in [3.63, 3.8) is 0 Å². The van der Waals surface area contributed by atoms with Crippen molar-refractivity contribution in [1.29, 1.82) is 0 Å². The molecule has 1 aromatic heterocycles. The molecule has 5 heteroatoms. The molecule has 4 rings (SSSR count). The second-order valence-corrected chi connectivity index (χ2v) is 10.3. The molecule has 4 nitrogen and oxygen atoms in total. The fraction of sp³-hybridized carbons (Fsp3) is 0.783. The number of ether oxygens (including phenoxy) is 1. The lowest BCUT2D eigenvalue weighted by molar-refractivity contribution is -0.0728. The maximum Gasteiger partial charge on any atom is 0.263 e.